The van der Waals surface area contributed by atoms with Gasteiger partial charge in [0.05, 0.1) is 13.2 Å². The van der Waals surface area contributed by atoms with Gasteiger partial charge in [0, 0.05) is 45.7 Å². The number of hydrogen-bond acceptors (Lipinski definition) is 5. The van der Waals surface area contributed by atoms with Crippen LogP contribution in [0.1, 0.15) is 102 Å². The molecule has 0 aliphatic rings. The molecule has 2 atom stereocenters. The van der Waals surface area contributed by atoms with Crippen LogP contribution in [0.5, 0.6) is 11.5 Å². The number of aromatic nitrogens is 4. The minimum atomic E-state index is 0. The molecular formula is C41H55CuN4O2. The Bertz CT molecular complexity index is 1630. The van der Waals surface area contributed by atoms with Crippen molar-refractivity contribution in [3.63, 3.8) is 0 Å². The maximum atomic E-state index is 6.39. The molecule has 1 aromatic carbocycles. The molecule has 4 aromatic heterocycles. The number of benzene rings is 1. The van der Waals surface area contributed by atoms with Gasteiger partial charge in [0.1, 0.15) is 22.5 Å². The standard InChI is InChI=1S/C30H44N2O2.C11H11N2.Cu/c1-7-11-13-23(9-3)19-33-27-17-21(5)31-29-25(27)15-16-26-28(18-22(6)32-30(26)29)34-20-24(10-4)14-12-8-2;1-8-4-3-5-10(12-8)11-7-6-9(2)13-11;/h15-18,23-24H,7-14,19-20H2,1-6H3;3-7H,1-2H3;/q;-1;+1. The van der Waals surface area contributed by atoms with Crippen molar-refractivity contribution in [2.75, 3.05) is 13.2 Å². The Hall–Kier alpha value is -3.41. The molecule has 0 fully saturated rings. The van der Waals surface area contributed by atoms with E-state index in [1.54, 1.807) is 0 Å². The fraction of sp³-hybridized carbons (Fsp3) is 0.488. The summed E-state index contributed by atoms with van der Waals surface area (Å²) in [5.41, 5.74) is 7.69. The number of fused-ring (bicyclic) bond motifs is 3. The molecule has 4 heterocycles. The van der Waals surface area contributed by atoms with E-state index in [1.165, 1.54) is 38.5 Å². The molecule has 0 N–H and O–H groups in total. The van der Waals surface area contributed by atoms with Gasteiger partial charge in [-0.05, 0) is 69.7 Å². The third-order valence-electron chi connectivity index (χ3n) is 8.90. The molecule has 0 amide bonds. The van der Waals surface area contributed by atoms with E-state index in [2.05, 4.69) is 61.9 Å². The Morgan fingerprint density at radius 1 is 0.625 bits per heavy atom. The van der Waals surface area contributed by atoms with Crippen LogP contribution in [0.4, 0.5) is 0 Å². The molecule has 5 aromatic rings. The molecule has 7 heteroatoms. The molecule has 6 nitrogen and oxygen atoms in total. The van der Waals surface area contributed by atoms with Crippen molar-refractivity contribution >= 4 is 21.8 Å². The van der Waals surface area contributed by atoms with Gasteiger partial charge in [-0.2, -0.15) is 5.69 Å². The zero-order chi connectivity index (χ0) is 33.8. The molecule has 2 unspecified atom stereocenters. The van der Waals surface area contributed by atoms with Gasteiger partial charge in [-0.1, -0.05) is 91.3 Å². The molecule has 0 bridgehead atoms. The van der Waals surface area contributed by atoms with Crippen LogP contribution < -0.4 is 14.5 Å². The van der Waals surface area contributed by atoms with Gasteiger partial charge in [0.2, 0.25) is 0 Å². The largest absolute Gasteiger partial charge is 1.00 e. The second kappa shape index (κ2) is 19.6. The van der Waals surface area contributed by atoms with E-state index in [9.17, 15) is 0 Å². The van der Waals surface area contributed by atoms with Crippen LogP contribution in [-0.2, 0) is 17.1 Å². The molecule has 0 spiro atoms. The summed E-state index contributed by atoms with van der Waals surface area (Å²) in [5.74, 6) is 3.00. The second-order valence-electron chi connectivity index (χ2n) is 13.0. The minimum Gasteiger partial charge on any atom is -0.660 e. The first-order valence-electron chi connectivity index (χ1n) is 17.8. The van der Waals surface area contributed by atoms with Gasteiger partial charge >= 0.3 is 17.1 Å². The molecule has 48 heavy (non-hydrogen) atoms. The van der Waals surface area contributed by atoms with Gasteiger partial charge < -0.3 is 14.5 Å². The van der Waals surface area contributed by atoms with Crippen LogP contribution in [0.25, 0.3) is 33.2 Å². The number of unbranched alkanes of at least 4 members (excludes halogenated alkanes) is 2. The zero-order valence-corrected chi connectivity index (χ0v) is 31.3. The van der Waals surface area contributed by atoms with E-state index < -0.39 is 0 Å². The van der Waals surface area contributed by atoms with Crippen LogP contribution in [0.3, 0.4) is 0 Å². The van der Waals surface area contributed by atoms with Crippen molar-refractivity contribution in [1.82, 2.24) is 19.9 Å². The van der Waals surface area contributed by atoms with Crippen molar-refractivity contribution in [2.45, 2.75) is 107 Å². The molecular weight excluding hydrogens is 644 g/mol. The number of rotatable bonds is 15. The molecule has 262 valence electrons. The first-order valence-corrected chi connectivity index (χ1v) is 17.8. The zero-order valence-electron chi connectivity index (χ0n) is 30.3. The number of hydrogen-bond donors (Lipinski definition) is 0. The number of pyridine rings is 3. The monoisotopic (exact) mass is 698 g/mol. The van der Waals surface area contributed by atoms with Crippen molar-refractivity contribution in [3.8, 4) is 22.9 Å². The summed E-state index contributed by atoms with van der Waals surface area (Å²) >= 11 is 0. The maximum absolute atomic E-state index is 6.39. The first kappa shape index (κ1) is 39.0. The smallest absolute Gasteiger partial charge is 0.660 e. The van der Waals surface area contributed by atoms with E-state index in [0.29, 0.717) is 11.8 Å². The summed E-state index contributed by atoms with van der Waals surface area (Å²) in [7, 11) is 0. The maximum Gasteiger partial charge on any atom is 1.00 e. The summed E-state index contributed by atoms with van der Waals surface area (Å²) < 4.78 is 12.8. The molecule has 5 rings (SSSR count). The van der Waals surface area contributed by atoms with Gasteiger partial charge in [-0.3, -0.25) is 15.0 Å². The Morgan fingerprint density at radius 3 is 1.56 bits per heavy atom. The number of aryl methyl sites for hydroxylation is 4. The normalized spacial score (nSPS) is 12.2. The Morgan fingerprint density at radius 2 is 1.15 bits per heavy atom. The van der Waals surface area contributed by atoms with Crippen molar-refractivity contribution < 1.29 is 26.5 Å². The Balaban J connectivity index is 0.000000371. The third kappa shape index (κ3) is 10.8. The predicted octanol–water partition coefficient (Wildman–Crippen LogP) is 10.9. The van der Waals surface area contributed by atoms with Gasteiger partial charge in [0.25, 0.3) is 0 Å². The Kier molecular flexibility index (Phi) is 15.9. The average molecular weight is 699 g/mol. The van der Waals surface area contributed by atoms with Gasteiger partial charge in [-0.15, -0.1) is 5.69 Å². The Labute approximate surface area is 299 Å². The summed E-state index contributed by atoms with van der Waals surface area (Å²) in [6, 6.07) is 18.3. The van der Waals surface area contributed by atoms with E-state index >= 15 is 0 Å². The summed E-state index contributed by atoms with van der Waals surface area (Å²) in [5, 5.41) is 2.06. The summed E-state index contributed by atoms with van der Waals surface area (Å²) in [4.78, 5) is 18.5. The minimum absolute atomic E-state index is 0. The quantitative estimate of drug-likeness (QED) is 0.0800. The summed E-state index contributed by atoms with van der Waals surface area (Å²) in [6.07, 6.45) is 9.69. The van der Waals surface area contributed by atoms with Gasteiger partial charge in [0.15, 0.2) is 0 Å². The van der Waals surface area contributed by atoms with Crippen molar-refractivity contribution in [2.24, 2.45) is 11.8 Å². The third-order valence-corrected chi connectivity index (χ3v) is 8.90. The topological polar surface area (TPSA) is 71.2 Å². The van der Waals surface area contributed by atoms with Crippen LogP contribution in [0.15, 0.2) is 54.6 Å². The van der Waals surface area contributed by atoms with Crippen LogP contribution in [0.2, 0.25) is 0 Å². The molecule has 0 radical (unpaired) electrons. The fourth-order valence-corrected chi connectivity index (χ4v) is 5.90. The average Bonchev–Trinajstić information content (AvgIpc) is 3.51. The van der Waals surface area contributed by atoms with Crippen LogP contribution >= 0.6 is 0 Å². The van der Waals surface area contributed by atoms with E-state index in [4.69, 9.17) is 19.4 Å². The van der Waals surface area contributed by atoms with Crippen molar-refractivity contribution in [3.05, 3.63) is 77.4 Å². The van der Waals surface area contributed by atoms with E-state index in [0.717, 1.165) is 93.5 Å². The second-order valence-corrected chi connectivity index (χ2v) is 13.0. The molecule has 0 saturated carbocycles. The number of nitrogens with zero attached hydrogens (tertiary/aromatic N) is 4. The van der Waals surface area contributed by atoms with Gasteiger partial charge in [-0.25, -0.2) is 0 Å². The van der Waals surface area contributed by atoms with Crippen LogP contribution in [-0.4, -0.2) is 28.2 Å². The molecule has 0 aliphatic carbocycles. The summed E-state index contributed by atoms with van der Waals surface area (Å²) in [6.45, 7) is 18.5. The van der Waals surface area contributed by atoms with Crippen molar-refractivity contribution in [1.29, 1.82) is 0 Å². The molecule has 0 saturated heterocycles. The predicted molar refractivity (Wildman–Crippen MR) is 197 cm³/mol. The fourth-order valence-electron chi connectivity index (χ4n) is 5.90. The SMILES string of the molecule is CCCCC(CC)COc1cc(C)nc2c1ccc1c(OCC(CC)CCCC)cc(C)nc12.Cc1cccc(-c2ccc(C)[n-]2)n1.[Cu+]. The number of ether oxygens (including phenoxy) is 2. The molecule has 0 aliphatic heterocycles. The van der Waals surface area contributed by atoms with E-state index in [1.807, 2.05) is 58.0 Å². The first-order chi connectivity index (χ1) is 22.8. The van der Waals surface area contributed by atoms with E-state index in [-0.39, 0.29) is 17.1 Å². The van der Waals surface area contributed by atoms with Crippen LogP contribution in [0, 0.1) is 39.5 Å².